The summed E-state index contributed by atoms with van der Waals surface area (Å²) >= 11 is 0. The summed E-state index contributed by atoms with van der Waals surface area (Å²) in [7, 11) is -0.0438. The van der Waals surface area contributed by atoms with Crippen LogP contribution in [0, 0.1) is 0 Å². The van der Waals surface area contributed by atoms with Crippen molar-refractivity contribution in [3.8, 4) is 0 Å². The lowest BCUT2D eigenvalue weighted by molar-refractivity contribution is 0.0766. The van der Waals surface area contributed by atoms with E-state index in [4.69, 9.17) is 4.74 Å². The molecule has 0 unspecified atom stereocenters. The third-order valence-electron chi connectivity index (χ3n) is 1.50. The van der Waals surface area contributed by atoms with E-state index in [2.05, 4.69) is 6.58 Å². The van der Waals surface area contributed by atoms with Crippen LogP contribution < -0.4 is 0 Å². The third kappa shape index (κ3) is 11.8. The summed E-state index contributed by atoms with van der Waals surface area (Å²) < 4.78 is 29.9. The van der Waals surface area contributed by atoms with E-state index < -0.39 is 5.55 Å². The zero-order chi connectivity index (χ0) is 10.3. The third-order valence-corrected chi connectivity index (χ3v) is 2.00. The van der Waals surface area contributed by atoms with Crippen molar-refractivity contribution in [3.05, 3.63) is 12.2 Å². The van der Waals surface area contributed by atoms with Crippen molar-refractivity contribution in [2.45, 2.75) is 31.7 Å². The number of ether oxygens (including phenoxy) is 1. The molecule has 4 heteroatoms. The van der Waals surface area contributed by atoms with Crippen LogP contribution in [0.15, 0.2) is 12.2 Å². The first-order valence-corrected chi connectivity index (χ1v) is 5.52. The standard InChI is InChI=1S/C9H18F2OSi/c1-8(2)7-12-6-4-3-5-9(10,11)13/h1,3-7H2,2,13H3. The molecule has 78 valence electrons. The molecule has 0 saturated heterocycles. The Morgan fingerprint density at radius 3 is 2.54 bits per heavy atom. The van der Waals surface area contributed by atoms with Gasteiger partial charge in [-0.25, -0.2) is 8.78 Å². The summed E-state index contributed by atoms with van der Waals surface area (Å²) in [6.45, 7) is 6.65. The molecule has 0 fully saturated rings. The van der Waals surface area contributed by atoms with Crippen LogP contribution in [0.5, 0.6) is 0 Å². The van der Waals surface area contributed by atoms with Gasteiger partial charge in [0.25, 0.3) is 0 Å². The predicted octanol–water partition coefficient (Wildman–Crippen LogP) is 1.71. The first-order valence-electron chi connectivity index (χ1n) is 4.52. The van der Waals surface area contributed by atoms with Crippen molar-refractivity contribution in [2.24, 2.45) is 0 Å². The average Bonchev–Trinajstić information content (AvgIpc) is 1.93. The number of hydrogen-bond donors (Lipinski definition) is 0. The van der Waals surface area contributed by atoms with Crippen molar-refractivity contribution in [1.29, 1.82) is 0 Å². The molecule has 0 aromatic rings. The van der Waals surface area contributed by atoms with Gasteiger partial charge in [0.15, 0.2) is 0 Å². The molecule has 0 aliphatic heterocycles. The van der Waals surface area contributed by atoms with E-state index in [1.54, 1.807) is 0 Å². The van der Waals surface area contributed by atoms with Crippen molar-refractivity contribution in [1.82, 2.24) is 0 Å². The fraction of sp³-hybridized carbons (Fsp3) is 0.778. The van der Waals surface area contributed by atoms with Crippen LogP contribution in [0.25, 0.3) is 0 Å². The van der Waals surface area contributed by atoms with Gasteiger partial charge in [-0.15, -0.1) is 0 Å². The van der Waals surface area contributed by atoms with Crippen LogP contribution in [0.1, 0.15) is 26.2 Å². The van der Waals surface area contributed by atoms with E-state index >= 15 is 0 Å². The Bertz CT molecular complexity index is 154. The first-order chi connectivity index (χ1) is 5.92. The molecule has 0 bridgehead atoms. The monoisotopic (exact) mass is 208 g/mol. The summed E-state index contributed by atoms with van der Waals surface area (Å²) in [5, 5.41) is 0. The Balaban J connectivity index is 3.13. The first kappa shape index (κ1) is 12.8. The molecule has 0 rings (SSSR count). The molecule has 0 aliphatic carbocycles. The summed E-state index contributed by atoms with van der Waals surface area (Å²) in [5.41, 5.74) is -1.43. The molecule has 0 heterocycles. The maximum atomic E-state index is 12.4. The molecule has 0 aliphatic rings. The van der Waals surface area contributed by atoms with Gasteiger partial charge in [-0.2, -0.15) is 0 Å². The van der Waals surface area contributed by atoms with Crippen LogP contribution in [0.4, 0.5) is 8.78 Å². The molecule has 0 amide bonds. The van der Waals surface area contributed by atoms with E-state index in [0.717, 1.165) is 5.57 Å². The molecule has 0 saturated carbocycles. The molecule has 0 N–H and O–H groups in total. The zero-order valence-electron chi connectivity index (χ0n) is 8.41. The Kier molecular flexibility index (Phi) is 6.16. The molecule has 13 heavy (non-hydrogen) atoms. The van der Waals surface area contributed by atoms with Crippen molar-refractivity contribution in [2.75, 3.05) is 13.2 Å². The van der Waals surface area contributed by atoms with Gasteiger partial charge < -0.3 is 4.74 Å². The SMILES string of the molecule is C=C(C)COCCCCC(F)(F)[SiH3]. The zero-order valence-corrected chi connectivity index (χ0v) is 10.4. The van der Waals surface area contributed by atoms with Gasteiger partial charge in [-0.1, -0.05) is 12.2 Å². The van der Waals surface area contributed by atoms with Gasteiger partial charge in [-0.3, -0.25) is 0 Å². The van der Waals surface area contributed by atoms with Crippen LogP contribution in [-0.4, -0.2) is 29.0 Å². The smallest absolute Gasteiger partial charge is 0.219 e. The normalized spacial score (nSPS) is 11.9. The number of rotatable bonds is 7. The maximum absolute atomic E-state index is 12.4. The van der Waals surface area contributed by atoms with Crippen LogP contribution in [0.3, 0.4) is 0 Å². The van der Waals surface area contributed by atoms with Gasteiger partial charge in [0, 0.05) is 13.0 Å². The largest absolute Gasteiger partial charge is 0.377 e. The minimum atomic E-state index is -2.39. The summed E-state index contributed by atoms with van der Waals surface area (Å²) in [4.78, 5) is 0. The Morgan fingerprint density at radius 1 is 1.46 bits per heavy atom. The highest BCUT2D eigenvalue weighted by Crippen LogP contribution is 2.16. The van der Waals surface area contributed by atoms with E-state index in [0.29, 0.717) is 26.1 Å². The van der Waals surface area contributed by atoms with Crippen molar-refractivity contribution in [3.63, 3.8) is 0 Å². The molecule has 0 aromatic carbocycles. The topological polar surface area (TPSA) is 9.23 Å². The van der Waals surface area contributed by atoms with Crippen molar-refractivity contribution < 1.29 is 13.5 Å². The van der Waals surface area contributed by atoms with Gasteiger partial charge in [0.05, 0.1) is 16.8 Å². The lowest BCUT2D eigenvalue weighted by atomic mass is 10.2. The lowest BCUT2D eigenvalue weighted by Gasteiger charge is -2.09. The van der Waals surface area contributed by atoms with Gasteiger partial charge >= 0.3 is 0 Å². The molecule has 0 spiro atoms. The second-order valence-electron chi connectivity index (χ2n) is 3.54. The minimum absolute atomic E-state index is 0.00958. The molecule has 0 aromatic heterocycles. The average molecular weight is 208 g/mol. The summed E-state index contributed by atoms with van der Waals surface area (Å²) in [6.07, 6.45) is 1.27. The highest BCUT2D eigenvalue weighted by Gasteiger charge is 2.18. The van der Waals surface area contributed by atoms with E-state index in [1.807, 2.05) is 6.92 Å². The van der Waals surface area contributed by atoms with Gasteiger partial charge in [0.1, 0.15) is 0 Å². The fourth-order valence-corrected chi connectivity index (χ4v) is 1.24. The highest BCUT2D eigenvalue weighted by molar-refractivity contribution is 6.13. The highest BCUT2D eigenvalue weighted by atomic mass is 28.1. The summed E-state index contributed by atoms with van der Waals surface area (Å²) in [6, 6.07) is 0. The van der Waals surface area contributed by atoms with Crippen molar-refractivity contribution >= 4 is 10.2 Å². The molecular weight excluding hydrogens is 190 g/mol. The van der Waals surface area contributed by atoms with Crippen LogP contribution in [0.2, 0.25) is 0 Å². The fourth-order valence-electron chi connectivity index (χ4n) is 0.886. The molecular formula is C9H18F2OSi. The Hall–Kier alpha value is -0.223. The molecule has 1 nitrogen and oxygen atoms in total. The van der Waals surface area contributed by atoms with E-state index in [1.165, 1.54) is 0 Å². The van der Waals surface area contributed by atoms with Gasteiger partial charge in [0.2, 0.25) is 5.55 Å². The number of alkyl halides is 2. The number of halogens is 2. The van der Waals surface area contributed by atoms with E-state index in [-0.39, 0.29) is 16.7 Å². The number of hydrogen-bond acceptors (Lipinski definition) is 1. The minimum Gasteiger partial charge on any atom is -0.377 e. The Labute approximate surface area is 81.6 Å². The van der Waals surface area contributed by atoms with Gasteiger partial charge in [-0.05, 0) is 19.8 Å². The quantitative estimate of drug-likeness (QED) is 0.351. The predicted molar refractivity (Wildman–Crippen MR) is 54.4 cm³/mol. The number of unbranched alkanes of at least 4 members (excludes halogenated alkanes) is 1. The molecule has 0 atom stereocenters. The van der Waals surface area contributed by atoms with E-state index in [9.17, 15) is 8.78 Å². The maximum Gasteiger partial charge on any atom is 0.219 e. The second-order valence-corrected chi connectivity index (χ2v) is 5.00. The molecule has 0 radical (unpaired) electrons. The van der Waals surface area contributed by atoms with Crippen LogP contribution >= 0.6 is 0 Å². The lowest BCUT2D eigenvalue weighted by Crippen LogP contribution is -2.15. The summed E-state index contributed by atoms with van der Waals surface area (Å²) in [5.74, 6) is 0. The van der Waals surface area contributed by atoms with Crippen LogP contribution in [-0.2, 0) is 4.74 Å². The second kappa shape index (κ2) is 6.26. The Morgan fingerprint density at radius 2 is 2.08 bits per heavy atom.